The van der Waals surface area contributed by atoms with Gasteiger partial charge in [0.2, 0.25) is 5.91 Å². The fourth-order valence-electron chi connectivity index (χ4n) is 0.513. The quantitative estimate of drug-likeness (QED) is 0.597. The van der Waals surface area contributed by atoms with E-state index >= 15 is 0 Å². The third-order valence-electron chi connectivity index (χ3n) is 0.984. The highest BCUT2D eigenvalue weighted by atomic mass is 16.1. The molecule has 0 saturated heterocycles. The number of carbonyl (C=O) groups excluding carboxylic acids is 1. The molecule has 1 amide bonds. The Balaban J connectivity index is 0. The Kier molecular flexibility index (Phi) is 4.63. The number of likely N-dealkylation sites (N-methyl/N-ethyl adjacent to an activating group) is 1. The Bertz CT molecular complexity index is 132. The molecule has 60 valence electrons. The summed E-state index contributed by atoms with van der Waals surface area (Å²) in [5.74, 6) is 0.443. The lowest BCUT2D eigenvalue weighted by atomic mass is 10.2. The van der Waals surface area contributed by atoms with E-state index in [4.69, 9.17) is 0 Å². The van der Waals surface area contributed by atoms with Crippen LogP contribution in [0.5, 0.6) is 0 Å². The first-order valence-electron chi connectivity index (χ1n) is 3.62. The van der Waals surface area contributed by atoms with E-state index in [0.29, 0.717) is 12.5 Å². The Labute approximate surface area is 63.8 Å². The second kappa shape index (κ2) is 5.03. The minimum atomic E-state index is -0.00352. The van der Waals surface area contributed by atoms with Crippen LogP contribution < -0.4 is 5.32 Å². The third-order valence-corrected chi connectivity index (χ3v) is 0.984. The van der Waals surface area contributed by atoms with Crippen LogP contribution in [0.4, 0.5) is 0 Å². The number of rotatable bonds is 3. The molecule has 0 aliphatic rings. The molecule has 0 aromatic heterocycles. The van der Waals surface area contributed by atoms with Crippen molar-refractivity contribution in [1.82, 2.24) is 5.32 Å². The molecule has 0 atom stereocenters. The van der Waals surface area contributed by atoms with E-state index in [2.05, 4.69) is 5.32 Å². The topological polar surface area (TPSA) is 29.1 Å². The van der Waals surface area contributed by atoms with E-state index in [0.717, 1.165) is 0 Å². The van der Waals surface area contributed by atoms with Gasteiger partial charge in [-0.05, 0) is 18.9 Å². The van der Waals surface area contributed by atoms with Gasteiger partial charge in [-0.3, -0.25) is 4.79 Å². The summed E-state index contributed by atoms with van der Waals surface area (Å²) in [7, 11) is 0. The molecule has 0 aliphatic carbocycles. The van der Waals surface area contributed by atoms with Gasteiger partial charge in [0.1, 0.15) is 0 Å². The highest BCUT2D eigenvalue weighted by Gasteiger charge is 1.90. The maximum atomic E-state index is 10.7. The molecule has 0 unspecified atom stereocenters. The lowest BCUT2D eigenvalue weighted by molar-refractivity contribution is -0.116. The lowest BCUT2D eigenvalue weighted by Gasteiger charge is -1.95. The fraction of sp³-hybridized carbons (Fsp3) is 0.625. The molecule has 0 bridgehead atoms. The van der Waals surface area contributed by atoms with E-state index in [1.165, 1.54) is 0 Å². The third kappa shape index (κ3) is 5.35. The summed E-state index contributed by atoms with van der Waals surface area (Å²) < 4.78 is 0. The summed E-state index contributed by atoms with van der Waals surface area (Å²) in [6, 6.07) is 0. The van der Waals surface area contributed by atoms with Crippen LogP contribution in [-0.2, 0) is 4.79 Å². The van der Waals surface area contributed by atoms with Crippen molar-refractivity contribution >= 4 is 5.91 Å². The monoisotopic (exact) mass is 143 g/mol. The molecule has 2 nitrogen and oxygen atoms in total. The van der Waals surface area contributed by atoms with Crippen molar-refractivity contribution in [2.45, 2.75) is 20.8 Å². The molecule has 0 rings (SSSR count). The number of carbonyl (C=O) groups is 1. The molecule has 0 fully saturated rings. The highest BCUT2D eigenvalue weighted by Crippen LogP contribution is 1.91. The molecule has 1 N–H and O–H groups in total. The van der Waals surface area contributed by atoms with E-state index < -0.39 is 0 Å². The van der Waals surface area contributed by atoms with Gasteiger partial charge in [0, 0.05) is 7.97 Å². The summed E-state index contributed by atoms with van der Waals surface area (Å²) in [6.07, 6.45) is 3.46. The van der Waals surface area contributed by atoms with Crippen molar-refractivity contribution in [2.75, 3.05) is 6.54 Å². The molecule has 0 aromatic rings. The minimum Gasteiger partial charge on any atom is -0.353 e. The van der Waals surface area contributed by atoms with Gasteiger partial charge in [-0.1, -0.05) is 19.9 Å². The van der Waals surface area contributed by atoms with Crippen molar-refractivity contribution in [3.8, 4) is 0 Å². The molecule has 0 heterocycles. The molecular formula is C8H17NO. The van der Waals surface area contributed by atoms with Crippen LogP contribution in [0.2, 0.25) is 0 Å². The zero-order valence-electron chi connectivity index (χ0n) is 6.85. The largest absolute Gasteiger partial charge is 0.353 e. The van der Waals surface area contributed by atoms with Crippen molar-refractivity contribution in [3.63, 3.8) is 0 Å². The van der Waals surface area contributed by atoms with Crippen molar-refractivity contribution < 1.29 is 6.22 Å². The second-order valence-corrected chi connectivity index (χ2v) is 2.50. The SMILES string of the molecule is CCNC(=O)/C=C/C(C)C.[HH]. The van der Waals surface area contributed by atoms with Crippen LogP contribution in [-0.4, -0.2) is 12.5 Å². The molecule has 0 aliphatic heterocycles. The number of allylic oxidation sites excluding steroid dienone is 1. The van der Waals surface area contributed by atoms with Crippen LogP contribution in [0.3, 0.4) is 0 Å². The Morgan fingerprint density at radius 1 is 1.70 bits per heavy atom. The van der Waals surface area contributed by atoms with Crippen LogP contribution in [0.15, 0.2) is 12.2 Å². The van der Waals surface area contributed by atoms with Crippen LogP contribution in [0, 0.1) is 5.92 Å². The molecule has 2 heteroatoms. The number of hydrogen-bond acceptors (Lipinski definition) is 1. The Morgan fingerprint density at radius 3 is 2.70 bits per heavy atom. The molecule has 0 aromatic carbocycles. The summed E-state index contributed by atoms with van der Waals surface area (Å²) >= 11 is 0. The van der Waals surface area contributed by atoms with E-state index in [1.807, 2.05) is 26.8 Å². The van der Waals surface area contributed by atoms with Gasteiger partial charge < -0.3 is 5.32 Å². The van der Waals surface area contributed by atoms with E-state index in [-0.39, 0.29) is 7.33 Å². The first kappa shape index (κ1) is 9.21. The first-order chi connectivity index (χ1) is 4.66. The van der Waals surface area contributed by atoms with Gasteiger partial charge in [-0.2, -0.15) is 0 Å². The Hall–Kier alpha value is -0.790. The maximum Gasteiger partial charge on any atom is 0.243 e. The van der Waals surface area contributed by atoms with Gasteiger partial charge in [-0.15, -0.1) is 0 Å². The van der Waals surface area contributed by atoms with Gasteiger partial charge in [0.15, 0.2) is 0 Å². The molecule has 0 spiro atoms. The number of hydrogen-bond donors (Lipinski definition) is 1. The molecular weight excluding hydrogens is 126 g/mol. The van der Waals surface area contributed by atoms with Crippen molar-refractivity contribution in [2.24, 2.45) is 5.92 Å². The molecule has 10 heavy (non-hydrogen) atoms. The number of nitrogens with one attached hydrogen (secondary N) is 1. The minimum absolute atomic E-state index is 0. The smallest absolute Gasteiger partial charge is 0.243 e. The Morgan fingerprint density at radius 2 is 2.30 bits per heavy atom. The van der Waals surface area contributed by atoms with Crippen molar-refractivity contribution in [3.05, 3.63) is 12.2 Å². The van der Waals surface area contributed by atoms with Gasteiger partial charge in [-0.25, -0.2) is 0 Å². The molecule has 0 saturated carbocycles. The predicted octanol–water partition coefficient (Wildman–Crippen LogP) is 1.58. The second-order valence-electron chi connectivity index (χ2n) is 2.50. The van der Waals surface area contributed by atoms with Crippen LogP contribution in [0.25, 0.3) is 0 Å². The van der Waals surface area contributed by atoms with Gasteiger partial charge in [0.05, 0.1) is 0 Å². The average Bonchev–Trinajstić information content (AvgIpc) is 1.85. The van der Waals surface area contributed by atoms with E-state index in [9.17, 15) is 4.79 Å². The number of amides is 1. The average molecular weight is 143 g/mol. The van der Waals surface area contributed by atoms with Crippen LogP contribution in [0.1, 0.15) is 22.2 Å². The summed E-state index contributed by atoms with van der Waals surface area (Å²) in [5.41, 5.74) is 0. The maximum absolute atomic E-state index is 10.7. The normalized spacial score (nSPS) is 10.8. The summed E-state index contributed by atoms with van der Waals surface area (Å²) in [5, 5.41) is 2.68. The first-order valence-corrected chi connectivity index (χ1v) is 3.62. The van der Waals surface area contributed by atoms with Crippen molar-refractivity contribution in [1.29, 1.82) is 0 Å². The standard InChI is InChI=1S/C8H15NO.H2/c1-4-9-8(10)6-5-7(2)3;/h5-7H,4H2,1-3H3,(H,9,10);1H/b6-5+;. The summed E-state index contributed by atoms with van der Waals surface area (Å²) in [6.45, 7) is 6.67. The zero-order valence-corrected chi connectivity index (χ0v) is 6.85. The van der Waals surface area contributed by atoms with Crippen LogP contribution >= 0.6 is 0 Å². The summed E-state index contributed by atoms with van der Waals surface area (Å²) in [4.78, 5) is 10.7. The lowest BCUT2D eigenvalue weighted by Crippen LogP contribution is -2.19. The highest BCUT2D eigenvalue weighted by molar-refractivity contribution is 5.87. The van der Waals surface area contributed by atoms with E-state index in [1.54, 1.807) is 6.08 Å². The zero-order chi connectivity index (χ0) is 7.98. The molecule has 0 radical (unpaired) electrons. The van der Waals surface area contributed by atoms with Gasteiger partial charge >= 0.3 is 0 Å². The fourth-order valence-corrected chi connectivity index (χ4v) is 0.513. The predicted molar refractivity (Wildman–Crippen MR) is 44.8 cm³/mol. The van der Waals surface area contributed by atoms with Gasteiger partial charge in [0.25, 0.3) is 0 Å².